The quantitative estimate of drug-likeness (QED) is 0.759. The zero-order chi connectivity index (χ0) is 16.7. The van der Waals surface area contributed by atoms with Crippen molar-refractivity contribution in [1.82, 2.24) is 5.32 Å². The monoisotopic (exact) mass is 339 g/mol. The average Bonchev–Trinajstić information content (AvgIpc) is 3.06. The minimum Gasteiger partial charge on any atom is -0.481 e. The van der Waals surface area contributed by atoms with Gasteiger partial charge in [-0.3, -0.25) is 0 Å². The van der Waals surface area contributed by atoms with E-state index in [2.05, 4.69) is 36.5 Å². The van der Waals surface area contributed by atoms with E-state index >= 15 is 0 Å². The summed E-state index contributed by atoms with van der Waals surface area (Å²) in [5, 5.41) is 15.5. The summed E-state index contributed by atoms with van der Waals surface area (Å²) in [6, 6.07) is 16.5. The van der Waals surface area contributed by atoms with E-state index in [9.17, 15) is 5.11 Å². The van der Waals surface area contributed by atoms with Crippen LogP contribution in [-0.4, -0.2) is 24.3 Å². The highest BCUT2D eigenvalue weighted by molar-refractivity contribution is 7.19. The molecule has 0 aliphatic heterocycles. The molecule has 1 aliphatic carbocycles. The van der Waals surface area contributed by atoms with Crippen molar-refractivity contribution in [2.75, 3.05) is 13.6 Å². The number of aliphatic hydroxyl groups is 1. The van der Waals surface area contributed by atoms with Crippen molar-refractivity contribution in [3.05, 3.63) is 64.5 Å². The van der Waals surface area contributed by atoms with Gasteiger partial charge in [-0.2, -0.15) is 0 Å². The van der Waals surface area contributed by atoms with Crippen LogP contribution < -0.4 is 10.1 Å². The fourth-order valence-corrected chi connectivity index (χ4v) is 4.65. The first-order valence-electron chi connectivity index (χ1n) is 8.21. The van der Waals surface area contributed by atoms with E-state index in [0.29, 0.717) is 13.0 Å². The molecule has 4 rings (SSSR count). The molecule has 1 aromatic heterocycles. The van der Waals surface area contributed by atoms with Crippen molar-refractivity contribution in [2.24, 2.45) is 0 Å². The van der Waals surface area contributed by atoms with Gasteiger partial charge in [0.1, 0.15) is 11.4 Å². The first-order chi connectivity index (χ1) is 11.6. The Balaban J connectivity index is 1.78. The summed E-state index contributed by atoms with van der Waals surface area (Å²) >= 11 is 1.73. The Hall–Kier alpha value is -1.88. The molecule has 1 heterocycles. The van der Waals surface area contributed by atoms with E-state index in [1.165, 1.54) is 10.3 Å². The normalized spacial score (nSPS) is 22.7. The third-order valence-corrected chi connectivity index (χ3v) is 5.76. The predicted octanol–water partition coefficient (Wildman–Crippen LogP) is 3.84. The van der Waals surface area contributed by atoms with Crippen molar-refractivity contribution in [3.63, 3.8) is 0 Å². The number of benzene rings is 2. The Morgan fingerprint density at radius 3 is 2.92 bits per heavy atom. The van der Waals surface area contributed by atoms with Crippen molar-refractivity contribution in [1.29, 1.82) is 0 Å². The summed E-state index contributed by atoms with van der Waals surface area (Å²) < 4.78 is 7.56. The second-order valence-electron chi connectivity index (χ2n) is 6.54. The molecule has 0 fully saturated rings. The van der Waals surface area contributed by atoms with E-state index < -0.39 is 5.60 Å². The number of thiophene rings is 1. The smallest absolute Gasteiger partial charge is 0.154 e. The van der Waals surface area contributed by atoms with Gasteiger partial charge in [-0.1, -0.05) is 36.4 Å². The third kappa shape index (κ3) is 2.51. The summed E-state index contributed by atoms with van der Waals surface area (Å²) in [5.74, 6) is 0.849. The van der Waals surface area contributed by atoms with Gasteiger partial charge in [-0.25, -0.2) is 0 Å². The zero-order valence-corrected chi connectivity index (χ0v) is 14.7. The lowest BCUT2D eigenvalue weighted by molar-refractivity contribution is -0.0478. The number of aryl methyl sites for hydroxylation is 1. The van der Waals surface area contributed by atoms with Gasteiger partial charge < -0.3 is 15.2 Å². The Bertz CT molecular complexity index is 888. The molecule has 0 radical (unpaired) electrons. The van der Waals surface area contributed by atoms with E-state index in [4.69, 9.17) is 4.74 Å². The molecular weight excluding hydrogens is 318 g/mol. The van der Waals surface area contributed by atoms with Crippen molar-refractivity contribution < 1.29 is 9.84 Å². The molecule has 124 valence electrons. The highest BCUT2D eigenvalue weighted by Crippen LogP contribution is 2.44. The number of fused-ring (bicyclic) bond motifs is 2. The van der Waals surface area contributed by atoms with Crippen molar-refractivity contribution in [2.45, 2.75) is 25.0 Å². The van der Waals surface area contributed by atoms with Crippen LogP contribution in [0.4, 0.5) is 0 Å². The van der Waals surface area contributed by atoms with Gasteiger partial charge in [-0.05, 0) is 42.6 Å². The Morgan fingerprint density at radius 1 is 1.25 bits per heavy atom. The van der Waals surface area contributed by atoms with Crippen molar-refractivity contribution >= 4 is 21.4 Å². The van der Waals surface area contributed by atoms with Crippen LogP contribution in [0.2, 0.25) is 0 Å². The third-order valence-electron chi connectivity index (χ3n) is 4.68. The number of hydrogen-bond acceptors (Lipinski definition) is 4. The highest BCUT2D eigenvalue weighted by atomic mass is 32.1. The topological polar surface area (TPSA) is 41.5 Å². The molecule has 2 N–H and O–H groups in total. The molecule has 4 heteroatoms. The number of rotatable bonds is 4. The maximum atomic E-state index is 11.2. The first kappa shape index (κ1) is 15.6. The number of ether oxygens (including phenoxy) is 1. The summed E-state index contributed by atoms with van der Waals surface area (Å²) in [4.78, 5) is 1.26. The SMILES string of the molecule is CNCC1(O)Cc2ccccc2C1Oc1cccc2cc(C)sc12. The van der Waals surface area contributed by atoms with Gasteiger partial charge in [0.25, 0.3) is 0 Å². The minimum absolute atomic E-state index is 0.367. The molecule has 0 bridgehead atoms. The van der Waals surface area contributed by atoms with E-state index in [1.54, 1.807) is 11.3 Å². The van der Waals surface area contributed by atoms with E-state index in [0.717, 1.165) is 21.6 Å². The van der Waals surface area contributed by atoms with Gasteiger partial charge in [0.2, 0.25) is 0 Å². The molecular formula is C20H21NO2S. The molecule has 0 saturated carbocycles. The lowest BCUT2D eigenvalue weighted by Gasteiger charge is -2.31. The van der Waals surface area contributed by atoms with Crippen LogP contribution in [0.25, 0.3) is 10.1 Å². The molecule has 0 amide bonds. The van der Waals surface area contributed by atoms with Gasteiger partial charge in [0, 0.05) is 17.8 Å². The Labute approximate surface area is 145 Å². The fourth-order valence-electron chi connectivity index (χ4n) is 3.68. The van der Waals surface area contributed by atoms with Crippen LogP contribution in [0.3, 0.4) is 0 Å². The van der Waals surface area contributed by atoms with Gasteiger partial charge in [-0.15, -0.1) is 11.3 Å². The van der Waals surface area contributed by atoms with E-state index in [-0.39, 0.29) is 6.10 Å². The predicted molar refractivity (Wildman–Crippen MR) is 99.0 cm³/mol. The molecule has 1 aliphatic rings. The van der Waals surface area contributed by atoms with Crippen molar-refractivity contribution in [3.8, 4) is 5.75 Å². The van der Waals surface area contributed by atoms with Crippen LogP contribution in [0, 0.1) is 6.92 Å². The first-order valence-corrected chi connectivity index (χ1v) is 9.03. The average molecular weight is 339 g/mol. The second kappa shape index (κ2) is 5.88. The molecule has 0 spiro atoms. The summed E-state index contributed by atoms with van der Waals surface area (Å²) in [6.07, 6.45) is 0.239. The maximum Gasteiger partial charge on any atom is 0.154 e. The van der Waals surface area contributed by atoms with E-state index in [1.807, 2.05) is 31.3 Å². The van der Waals surface area contributed by atoms with Crippen LogP contribution in [0.1, 0.15) is 22.1 Å². The Morgan fingerprint density at radius 2 is 2.08 bits per heavy atom. The largest absolute Gasteiger partial charge is 0.481 e. The van der Waals surface area contributed by atoms with Gasteiger partial charge in [0.05, 0.1) is 4.70 Å². The highest BCUT2D eigenvalue weighted by Gasteiger charge is 2.46. The Kier molecular flexibility index (Phi) is 3.83. The van der Waals surface area contributed by atoms with Crippen LogP contribution in [0.15, 0.2) is 48.5 Å². The maximum absolute atomic E-state index is 11.2. The molecule has 0 saturated heterocycles. The zero-order valence-electron chi connectivity index (χ0n) is 13.9. The second-order valence-corrected chi connectivity index (χ2v) is 7.80. The fraction of sp³-hybridized carbons (Fsp3) is 0.300. The van der Waals surface area contributed by atoms with Crippen LogP contribution >= 0.6 is 11.3 Å². The molecule has 3 aromatic rings. The lowest BCUT2D eigenvalue weighted by Crippen LogP contribution is -2.45. The number of hydrogen-bond donors (Lipinski definition) is 2. The molecule has 2 aromatic carbocycles. The standard InChI is InChI=1S/C20H21NO2S/c1-13-10-14-7-5-9-17(18(14)24-13)23-19-16-8-4-3-6-15(16)11-20(19,22)12-21-2/h3-10,19,21-22H,11-12H2,1-2H3. The summed E-state index contributed by atoms with van der Waals surface area (Å²) in [6.45, 7) is 2.60. The number of nitrogens with one attached hydrogen (secondary N) is 1. The molecule has 2 atom stereocenters. The van der Waals surface area contributed by atoms with Gasteiger partial charge in [0.15, 0.2) is 6.10 Å². The molecule has 3 nitrogen and oxygen atoms in total. The number of likely N-dealkylation sites (N-methyl/N-ethyl adjacent to an activating group) is 1. The lowest BCUT2D eigenvalue weighted by atomic mass is 9.97. The minimum atomic E-state index is -0.938. The summed E-state index contributed by atoms with van der Waals surface area (Å²) in [5.41, 5.74) is 1.31. The van der Waals surface area contributed by atoms with Crippen LogP contribution in [-0.2, 0) is 6.42 Å². The van der Waals surface area contributed by atoms with Gasteiger partial charge >= 0.3 is 0 Å². The van der Waals surface area contributed by atoms with Crippen LogP contribution in [0.5, 0.6) is 5.75 Å². The molecule has 24 heavy (non-hydrogen) atoms. The molecule has 2 unspecified atom stereocenters. The summed E-state index contributed by atoms with van der Waals surface area (Å²) in [7, 11) is 1.86.